The maximum atomic E-state index is 13.1. The van der Waals surface area contributed by atoms with Crippen LogP contribution in [0.2, 0.25) is 0 Å². The van der Waals surface area contributed by atoms with Crippen molar-refractivity contribution in [3.63, 3.8) is 0 Å². The van der Waals surface area contributed by atoms with Crippen molar-refractivity contribution in [3.05, 3.63) is 71.3 Å². The van der Waals surface area contributed by atoms with E-state index in [9.17, 15) is 4.79 Å². The number of benzene rings is 2. The first-order chi connectivity index (χ1) is 15.2. The van der Waals surface area contributed by atoms with Crippen molar-refractivity contribution >= 4 is 5.78 Å². The summed E-state index contributed by atoms with van der Waals surface area (Å²) in [7, 11) is 1.66. The third-order valence-electron chi connectivity index (χ3n) is 7.78. The number of rotatable bonds is 6. The number of nitrogens with two attached hydrogens (primary N) is 1. The number of carbonyl (C=O) groups is 1. The summed E-state index contributed by atoms with van der Waals surface area (Å²) < 4.78 is 18.9. The van der Waals surface area contributed by atoms with Crippen LogP contribution in [0.25, 0.3) is 0 Å². The van der Waals surface area contributed by atoms with Crippen LogP contribution in [0.3, 0.4) is 0 Å². The standard InChI is InChI=1S/C26H27NO4.ClH/c1-29-20-10-9-18-16-21-26(30-15-5-8-17-6-3-2-4-7-17)12-11-19(28)24-25(26,13-14-27-21)22(18)23(20)31-24;/h2-4,6-7,9-12,21,24,27H,5,8,13-16H2,1H3;1H/t21-,24+,25+,26-;/m1./s1. The summed E-state index contributed by atoms with van der Waals surface area (Å²) in [4.78, 5) is 13.1. The van der Waals surface area contributed by atoms with Gasteiger partial charge in [-0.05, 0) is 42.2 Å². The van der Waals surface area contributed by atoms with Gasteiger partial charge in [-0.1, -0.05) is 36.4 Å². The lowest BCUT2D eigenvalue weighted by Crippen LogP contribution is -3.01. The molecule has 0 unspecified atom stereocenters. The van der Waals surface area contributed by atoms with E-state index in [-0.39, 0.29) is 24.2 Å². The SMILES string of the molecule is COc1ccc2c3c1O[C@H]1C(=O)C=C[C@@]4(OCCCc5ccccc5)[C@@H](C2)[NH2+]CC[C@]314.[Cl-]. The van der Waals surface area contributed by atoms with Gasteiger partial charge < -0.3 is 31.9 Å². The van der Waals surface area contributed by atoms with Crippen molar-refractivity contribution in [2.24, 2.45) is 0 Å². The Hall–Kier alpha value is -2.34. The van der Waals surface area contributed by atoms with Gasteiger partial charge >= 0.3 is 0 Å². The normalized spacial score (nSPS) is 30.8. The second-order valence-electron chi connectivity index (χ2n) is 9.15. The molecule has 4 aliphatic rings. The molecule has 1 spiro atoms. The van der Waals surface area contributed by atoms with Crippen molar-refractivity contribution in [1.29, 1.82) is 0 Å². The third kappa shape index (κ3) is 2.74. The van der Waals surface area contributed by atoms with Gasteiger partial charge in [0.2, 0.25) is 0 Å². The van der Waals surface area contributed by atoms with Gasteiger partial charge in [0.25, 0.3) is 0 Å². The highest BCUT2D eigenvalue weighted by molar-refractivity contribution is 5.99. The number of ether oxygens (including phenoxy) is 3. The summed E-state index contributed by atoms with van der Waals surface area (Å²) in [5.74, 6) is 1.50. The number of aryl methyl sites for hydroxylation is 1. The Morgan fingerprint density at radius 3 is 2.84 bits per heavy atom. The van der Waals surface area contributed by atoms with Crippen LogP contribution in [-0.4, -0.2) is 43.8 Å². The molecule has 2 bridgehead atoms. The summed E-state index contributed by atoms with van der Waals surface area (Å²) in [6.07, 6.45) is 6.92. The number of piperidine rings is 1. The Labute approximate surface area is 194 Å². The van der Waals surface area contributed by atoms with E-state index in [2.05, 4.69) is 41.7 Å². The molecule has 168 valence electrons. The van der Waals surface area contributed by atoms with Crippen LogP contribution in [-0.2, 0) is 27.8 Å². The predicted octanol–water partition coefficient (Wildman–Crippen LogP) is -0.883. The molecule has 0 radical (unpaired) electrons. The zero-order valence-corrected chi connectivity index (χ0v) is 18.9. The molecule has 0 amide bonds. The minimum absolute atomic E-state index is 0. The zero-order valence-electron chi connectivity index (χ0n) is 18.2. The Bertz CT molecular complexity index is 1070. The fourth-order valence-corrected chi connectivity index (χ4v) is 6.55. The van der Waals surface area contributed by atoms with E-state index < -0.39 is 17.1 Å². The molecule has 0 aromatic heterocycles. The Balaban J connectivity index is 0.00000216. The first-order valence-corrected chi connectivity index (χ1v) is 11.3. The van der Waals surface area contributed by atoms with Gasteiger partial charge in [0.05, 0.1) is 19.1 Å². The van der Waals surface area contributed by atoms with Crippen molar-refractivity contribution in [3.8, 4) is 11.5 Å². The molecule has 5 nitrogen and oxygen atoms in total. The molecule has 32 heavy (non-hydrogen) atoms. The lowest BCUT2D eigenvalue weighted by Gasteiger charge is -2.57. The van der Waals surface area contributed by atoms with Crippen molar-refractivity contribution in [2.75, 3.05) is 20.3 Å². The molecule has 2 aliphatic heterocycles. The number of halogens is 1. The number of ketones is 1. The first kappa shape index (κ1) is 21.5. The van der Waals surface area contributed by atoms with Crippen LogP contribution < -0.4 is 27.2 Å². The van der Waals surface area contributed by atoms with Gasteiger partial charge in [0, 0.05) is 25.0 Å². The minimum atomic E-state index is -0.537. The number of carbonyl (C=O) groups excluding carboxylic acids is 1. The predicted molar refractivity (Wildman–Crippen MR) is 116 cm³/mol. The Morgan fingerprint density at radius 1 is 1.19 bits per heavy atom. The van der Waals surface area contributed by atoms with Gasteiger partial charge in [-0.3, -0.25) is 4.79 Å². The fourth-order valence-electron chi connectivity index (χ4n) is 6.55. The molecule has 0 saturated carbocycles. The van der Waals surface area contributed by atoms with Crippen LogP contribution >= 0.6 is 0 Å². The molecular weight excluding hydrogens is 426 g/mol. The van der Waals surface area contributed by atoms with Gasteiger partial charge in [-0.25, -0.2) is 0 Å². The van der Waals surface area contributed by atoms with Crippen LogP contribution in [0.15, 0.2) is 54.6 Å². The van der Waals surface area contributed by atoms with Gasteiger partial charge in [-0.15, -0.1) is 0 Å². The van der Waals surface area contributed by atoms with E-state index in [0.29, 0.717) is 12.4 Å². The number of hydrogen-bond donors (Lipinski definition) is 1. The lowest BCUT2D eigenvalue weighted by molar-refractivity contribution is -0.717. The van der Waals surface area contributed by atoms with E-state index in [1.54, 1.807) is 13.2 Å². The van der Waals surface area contributed by atoms with E-state index in [0.717, 1.165) is 43.5 Å². The smallest absolute Gasteiger partial charge is 0.197 e. The molecule has 6 heteroatoms. The van der Waals surface area contributed by atoms with Gasteiger partial charge in [0.15, 0.2) is 29.0 Å². The molecule has 6 rings (SSSR count). The maximum Gasteiger partial charge on any atom is 0.197 e. The summed E-state index contributed by atoms with van der Waals surface area (Å²) in [5.41, 5.74) is 2.74. The highest BCUT2D eigenvalue weighted by Crippen LogP contribution is 2.62. The molecule has 4 atom stereocenters. The molecule has 2 aromatic rings. The first-order valence-electron chi connectivity index (χ1n) is 11.3. The molecular formula is C26H28ClNO4. The Kier molecular flexibility index (Phi) is 5.31. The molecule has 2 heterocycles. The topological polar surface area (TPSA) is 61.4 Å². The fraction of sp³-hybridized carbons (Fsp3) is 0.423. The average Bonchev–Trinajstić information content (AvgIpc) is 3.14. The van der Waals surface area contributed by atoms with Crippen molar-refractivity contribution in [1.82, 2.24) is 0 Å². The van der Waals surface area contributed by atoms with Crippen LogP contribution in [0.5, 0.6) is 11.5 Å². The summed E-state index contributed by atoms with van der Waals surface area (Å²) >= 11 is 0. The molecule has 2 aromatic carbocycles. The highest BCUT2D eigenvalue weighted by atomic mass is 35.5. The second kappa shape index (κ2) is 7.91. The molecule has 1 saturated heterocycles. The quantitative estimate of drug-likeness (QED) is 0.577. The van der Waals surface area contributed by atoms with E-state index in [1.807, 2.05) is 12.1 Å². The van der Waals surface area contributed by atoms with Gasteiger partial charge in [-0.2, -0.15) is 0 Å². The molecule has 1 fully saturated rings. The van der Waals surface area contributed by atoms with E-state index in [4.69, 9.17) is 14.2 Å². The van der Waals surface area contributed by atoms with E-state index in [1.165, 1.54) is 11.1 Å². The highest BCUT2D eigenvalue weighted by Gasteiger charge is 2.73. The molecule has 2 N–H and O–H groups in total. The van der Waals surface area contributed by atoms with Crippen molar-refractivity contribution < 1.29 is 36.7 Å². The van der Waals surface area contributed by atoms with Crippen LogP contribution in [0.1, 0.15) is 29.5 Å². The summed E-state index contributed by atoms with van der Waals surface area (Å²) in [6.45, 7) is 1.62. The van der Waals surface area contributed by atoms with Gasteiger partial charge in [0.1, 0.15) is 6.04 Å². The zero-order chi connectivity index (χ0) is 21.1. The lowest BCUT2D eigenvalue weighted by atomic mass is 9.51. The van der Waals surface area contributed by atoms with E-state index >= 15 is 0 Å². The average molecular weight is 454 g/mol. The third-order valence-corrected chi connectivity index (χ3v) is 7.78. The second-order valence-corrected chi connectivity index (χ2v) is 9.15. The number of hydrogen-bond acceptors (Lipinski definition) is 4. The van der Waals surface area contributed by atoms with Crippen LogP contribution in [0.4, 0.5) is 0 Å². The summed E-state index contributed by atoms with van der Waals surface area (Å²) in [6, 6.07) is 14.9. The number of quaternary nitrogens is 1. The molecule has 2 aliphatic carbocycles. The minimum Gasteiger partial charge on any atom is -1.00 e. The monoisotopic (exact) mass is 453 g/mol. The Morgan fingerprint density at radius 2 is 2.03 bits per heavy atom. The summed E-state index contributed by atoms with van der Waals surface area (Å²) in [5, 5.41) is 2.41. The van der Waals surface area contributed by atoms with Crippen molar-refractivity contribution in [2.45, 2.75) is 48.8 Å². The number of methoxy groups -OCH3 is 1. The maximum absolute atomic E-state index is 13.1. The van der Waals surface area contributed by atoms with Crippen LogP contribution in [0, 0.1) is 0 Å². The largest absolute Gasteiger partial charge is 1.00 e.